The number of benzene rings is 2. The number of amides is 1. The first-order chi connectivity index (χ1) is 11.4. The van der Waals surface area contributed by atoms with Gasteiger partial charge in [-0.1, -0.05) is 44.2 Å². The first kappa shape index (κ1) is 16.0. The van der Waals surface area contributed by atoms with E-state index >= 15 is 0 Å². The third-order valence-electron chi connectivity index (χ3n) is 4.39. The lowest BCUT2D eigenvalue weighted by molar-refractivity contribution is 0.0963. The fraction of sp³-hybridized carbons (Fsp3) is 0.200. The third-order valence-corrected chi connectivity index (χ3v) is 4.39. The van der Waals surface area contributed by atoms with E-state index in [0.717, 1.165) is 0 Å². The molecule has 0 aliphatic heterocycles. The number of hydrogen-bond acceptors (Lipinski definition) is 2. The topological polar surface area (TPSA) is 65.1 Å². The van der Waals surface area contributed by atoms with Gasteiger partial charge in [-0.15, -0.1) is 0 Å². The van der Waals surface area contributed by atoms with Crippen molar-refractivity contribution in [2.24, 2.45) is 5.73 Å². The molecule has 0 spiro atoms. The highest BCUT2D eigenvalue weighted by Crippen LogP contribution is 2.26. The predicted octanol–water partition coefficient (Wildman–Crippen LogP) is 3.86. The Morgan fingerprint density at radius 2 is 1.62 bits per heavy atom. The summed E-state index contributed by atoms with van der Waals surface area (Å²) >= 11 is 0. The van der Waals surface area contributed by atoms with Gasteiger partial charge in [-0.25, -0.2) is 0 Å². The summed E-state index contributed by atoms with van der Waals surface area (Å²) < 4.78 is 1.57. The number of rotatable bonds is 3. The van der Waals surface area contributed by atoms with Crippen LogP contribution < -0.4 is 5.73 Å². The molecule has 4 nitrogen and oxygen atoms in total. The molecule has 24 heavy (non-hydrogen) atoms. The van der Waals surface area contributed by atoms with Gasteiger partial charge in [-0.3, -0.25) is 14.2 Å². The molecule has 3 aromatic rings. The van der Waals surface area contributed by atoms with Gasteiger partial charge in [-0.05, 0) is 36.6 Å². The maximum atomic E-state index is 13.0. The predicted molar refractivity (Wildman–Crippen MR) is 95.5 cm³/mol. The van der Waals surface area contributed by atoms with E-state index in [0.29, 0.717) is 33.6 Å². The molecule has 0 bridgehead atoms. The van der Waals surface area contributed by atoms with Crippen molar-refractivity contribution in [2.45, 2.75) is 26.7 Å². The summed E-state index contributed by atoms with van der Waals surface area (Å²) in [5.74, 6) is -0.276. The van der Waals surface area contributed by atoms with E-state index in [1.54, 1.807) is 11.5 Å². The maximum Gasteiger partial charge on any atom is 0.262 e. The van der Waals surface area contributed by atoms with Crippen molar-refractivity contribution in [2.75, 3.05) is 0 Å². The molecular formula is C20H20N2O2. The van der Waals surface area contributed by atoms with Gasteiger partial charge in [-0.2, -0.15) is 0 Å². The summed E-state index contributed by atoms with van der Waals surface area (Å²) in [6, 6.07) is 14.9. The van der Waals surface area contributed by atoms with Crippen molar-refractivity contribution in [1.82, 2.24) is 4.57 Å². The van der Waals surface area contributed by atoms with E-state index in [9.17, 15) is 9.59 Å². The SMILES string of the molecule is Cc1c(C(N)=O)c2ccccc2n1C(=O)c1ccc(C(C)C)cc1. The summed E-state index contributed by atoms with van der Waals surface area (Å²) in [6.45, 7) is 5.97. The van der Waals surface area contributed by atoms with Crippen LogP contribution in [0.4, 0.5) is 0 Å². The molecule has 0 radical (unpaired) electrons. The minimum Gasteiger partial charge on any atom is -0.366 e. The summed E-state index contributed by atoms with van der Waals surface area (Å²) in [7, 11) is 0. The second-order valence-corrected chi connectivity index (χ2v) is 6.26. The Bertz CT molecular complexity index is 934. The molecule has 1 heterocycles. The molecule has 1 aromatic heterocycles. The molecule has 0 atom stereocenters. The number of aromatic nitrogens is 1. The normalized spacial score (nSPS) is 11.2. The molecule has 0 unspecified atom stereocenters. The van der Waals surface area contributed by atoms with Gasteiger partial charge < -0.3 is 5.73 Å². The number of para-hydroxylation sites is 1. The quantitative estimate of drug-likeness (QED) is 0.796. The van der Waals surface area contributed by atoms with Crippen LogP contribution in [0.2, 0.25) is 0 Å². The average Bonchev–Trinajstić information content (AvgIpc) is 2.86. The summed E-state index contributed by atoms with van der Waals surface area (Å²) in [5, 5.41) is 0.703. The molecule has 0 aliphatic carbocycles. The van der Waals surface area contributed by atoms with E-state index < -0.39 is 5.91 Å². The first-order valence-electron chi connectivity index (χ1n) is 7.96. The molecular weight excluding hydrogens is 300 g/mol. The number of carbonyl (C=O) groups excluding carboxylic acids is 2. The Kier molecular flexibility index (Phi) is 3.97. The lowest BCUT2D eigenvalue weighted by Crippen LogP contribution is -2.16. The van der Waals surface area contributed by atoms with Crippen LogP contribution >= 0.6 is 0 Å². The zero-order valence-corrected chi connectivity index (χ0v) is 14.0. The minimum atomic E-state index is -0.523. The van der Waals surface area contributed by atoms with Crippen molar-refractivity contribution >= 4 is 22.7 Å². The van der Waals surface area contributed by atoms with Gasteiger partial charge in [0.15, 0.2) is 0 Å². The van der Waals surface area contributed by atoms with Crippen molar-refractivity contribution in [3.63, 3.8) is 0 Å². The zero-order chi connectivity index (χ0) is 17.4. The fourth-order valence-corrected chi connectivity index (χ4v) is 3.08. The third kappa shape index (κ3) is 2.50. The van der Waals surface area contributed by atoms with Crippen LogP contribution in [0.5, 0.6) is 0 Å². The van der Waals surface area contributed by atoms with Crippen LogP contribution in [0.3, 0.4) is 0 Å². The Hall–Kier alpha value is -2.88. The van der Waals surface area contributed by atoms with E-state index in [-0.39, 0.29) is 5.91 Å². The second-order valence-electron chi connectivity index (χ2n) is 6.26. The molecule has 2 N–H and O–H groups in total. The second kappa shape index (κ2) is 5.96. The fourth-order valence-electron chi connectivity index (χ4n) is 3.08. The number of nitrogens with two attached hydrogens (primary N) is 1. The Labute approximate surface area is 140 Å². The van der Waals surface area contributed by atoms with Crippen molar-refractivity contribution in [1.29, 1.82) is 0 Å². The van der Waals surface area contributed by atoms with Crippen molar-refractivity contribution in [3.05, 3.63) is 70.9 Å². The highest BCUT2D eigenvalue weighted by molar-refractivity contribution is 6.12. The highest BCUT2D eigenvalue weighted by atomic mass is 16.2. The number of hydrogen-bond donors (Lipinski definition) is 1. The van der Waals surface area contributed by atoms with E-state index in [4.69, 9.17) is 5.73 Å². The molecule has 0 saturated heterocycles. The van der Waals surface area contributed by atoms with Crippen LogP contribution in [-0.2, 0) is 0 Å². The van der Waals surface area contributed by atoms with Crippen LogP contribution in [0.1, 0.15) is 51.7 Å². The van der Waals surface area contributed by atoms with Gasteiger partial charge >= 0.3 is 0 Å². The Morgan fingerprint density at radius 3 is 2.21 bits per heavy atom. The lowest BCUT2D eigenvalue weighted by Gasteiger charge is -2.09. The maximum absolute atomic E-state index is 13.0. The van der Waals surface area contributed by atoms with Gasteiger partial charge in [0, 0.05) is 16.6 Å². The van der Waals surface area contributed by atoms with Gasteiger partial charge in [0.2, 0.25) is 0 Å². The molecule has 3 rings (SSSR count). The minimum absolute atomic E-state index is 0.161. The molecule has 0 fully saturated rings. The standard InChI is InChI=1S/C20H20N2O2/c1-12(2)14-8-10-15(11-9-14)20(24)22-13(3)18(19(21)23)16-6-4-5-7-17(16)22/h4-12H,1-3H3,(H2,21,23). The lowest BCUT2D eigenvalue weighted by atomic mass is 10.0. The van der Waals surface area contributed by atoms with E-state index in [1.165, 1.54) is 5.56 Å². The average molecular weight is 320 g/mol. The summed E-state index contributed by atoms with van der Waals surface area (Å²) in [4.78, 5) is 24.8. The Morgan fingerprint density at radius 1 is 1.00 bits per heavy atom. The number of fused-ring (bicyclic) bond motifs is 1. The number of primary amides is 1. The van der Waals surface area contributed by atoms with Crippen LogP contribution in [0.15, 0.2) is 48.5 Å². The van der Waals surface area contributed by atoms with Gasteiger partial charge in [0.25, 0.3) is 11.8 Å². The molecule has 0 aliphatic rings. The van der Waals surface area contributed by atoms with Crippen LogP contribution in [0.25, 0.3) is 10.9 Å². The molecule has 0 saturated carbocycles. The number of carbonyl (C=O) groups is 2. The molecule has 4 heteroatoms. The van der Waals surface area contributed by atoms with Crippen molar-refractivity contribution < 1.29 is 9.59 Å². The van der Waals surface area contributed by atoms with Crippen molar-refractivity contribution in [3.8, 4) is 0 Å². The van der Waals surface area contributed by atoms with Gasteiger partial charge in [0.1, 0.15) is 0 Å². The Balaban J connectivity index is 2.17. The van der Waals surface area contributed by atoms with Crippen LogP contribution in [-0.4, -0.2) is 16.4 Å². The summed E-state index contributed by atoms with van der Waals surface area (Å²) in [5.41, 5.74) is 8.95. The zero-order valence-electron chi connectivity index (χ0n) is 14.0. The van der Waals surface area contributed by atoms with Crippen LogP contribution in [0, 0.1) is 6.92 Å². The number of nitrogens with zero attached hydrogens (tertiary/aromatic N) is 1. The molecule has 122 valence electrons. The first-order valence-corrected chi connectivity index (χ1v) is 7.96. The largest absolute Gasteiger partial charge is 0.366 e. The highest BCUT2D eigenvalue weighted by Gasteiger charge is 2.22. The smallest absolute Gasteiger partial charge is 0.262 e. The summed E-state index contributed by atoms with van der Waals surface area (Å²) in [6.07, 6.45) is 0. The van der Waals surface area contributed by atoms with E-state index in [2.05, 4.69) is 13.8 Å². The molecule has 2 aromatic carbocycles. The van der Waals surface area contributed by atoms with Gasteiger partial charge in [0.05, 0.1) is 11.1 Å². The van der Waals surface area contributed by atoms with E-state index in [1.807, 2.05) is 48.5 Å². The monoisotopic (exact) mass is 320 g/mol. The molecule has 1 amide bonds.